The Bertz CT molecular complexity index is 275. The maximum absolute atomic E-state index is 11.0. The van der Waals surface area contributed by atoms with E-state index in [1.807, 2.05) is 18.2 Å². The van der Waals surface area contributed by atoms with Crippen molar-refractivity contribution in [2.24, 2.45) is 5.14 Å². The average molecular weight is 206 g/mol. The van der Waals surface area contributed by atoms with Crippen molar-refractivity contribution in [1.29, 1.82) is 0 Å². The first kappa shape index (κ1) is 12.0. The standard InChI is InChI=1S/C5H5N.C2H6FNO2S/c1-2-4-6-5-3-1;3-1-2-7(4,5)6/h1-5H;1-2H2,(H2,4,5,6). The Balaban J connectivity index is 0.000000223. The summed E-state index contributed by atoms with van der Waals surface area (Å²) in [5, 5.41) is 4.38. The van der Waals surface area contributed by atoms with Gasteiger partial charge in [0.15, 0.2) is 0 Å². The van der Waals surface area contributed by atoms with Crippen LogP contribution in [0.2, 0.25) is 0 Å². The largest absolute Gasteiger partial charge is 0.265 e. The molecule has 0 atom stereocenters. The minimum atomic E-state index is -3.55. The van der Waals surface area contributed by atoms with E-state index in [2.05, 4.69) is 10.1 Å². The zero-order valence-corrected chi connectivity index (χ0v) is 7.74. The van der Waals surface area contributed by atoms with Crippen LogP contribution in [0.3, 0.4) is 0 Å². The first-order valence-electron chi connectivity index (χ1n) is 3.47. The third-order valence-electron chi connectivity index (χ3n) is 0.928. The Labute approximate surface area is 76.7 Å². The maximum Gasteiger partial charge on any atom is 0.211 e. The molecule has 0 bridgehead atoms. The van der Waals surface area contributed by atoms with Gasteiger partial charge in [-0.25, -0.2) is 17.9 Å². The summed E-state index contributed by atoms with van der Waals surface area (Å²) >= 11 is 0. The highest BCUT2D eigenvalue weighted by molar-refractivity contribution is 7.89. The Kier molecular flexibility index (Phi) is 5.99. The number of alkyl halides is 1. The van der Waals surface area contributed by atoms with Crippen LogP contribution in [0.25, 0.3) is 0 Å². The molecule has 1 heterocycles. The van der Waals surface area contributed by atoms with E-state index in [0.29, 0.717) is 0 Å². The van der Waals surface area contributed by atoms with Crippen LogP contribution in [-0.2, 0) is 10.0 Å². The average Bonchev–Trinajstić information content (AvgIpc) is 2.06. The van der Waals surface area contributed by atoms with Crippen molar-refractivity contribution in [2.45, 2.75) is 0 Å². The number of hydrogen-bond donors (Lipinski definition) is 1. The first-order valence-corrected chi connectivity index (χ1v) is 5.19. The highest BCUT2D eigenvalue weighted by atomic mass is 32.2. The summed E-state index contributed by atoms with van der Waals surface area (Å²) in [6.45, 7) is -0.904. The van der Waals surface area contributed by atoms with E-state index >= 15 is 0 Å². The van der Waals surface area contributed by atoms with E-state index in [0.717, 1.165) is 0 Å². The number of rotatable bonds is 2. The molecule has 1 aromatic rings. The number of sulfonamides is 1. The van der Waals surface area contributed by atoms with Crippen molar-refractivity contribution < 1.29 is 12.8 Å². The van der Waals surface area contributed by atoms with Crippen molar-refractivity contribution in [3.63, 3.8) is 0 Å². The molecule has 0 aliphatic rings. The number of halogens is 1. The van der Waals surface area contributed by atoms with E-state index in [4.69, 9.17) is 0 Å². The van der Waals surface area contributed by atoms with Gasteiger partial charge in [0.1, 0.15) is 6.67 Å². The van der Waals surface area contributed by atoms with Crippen LogP contribution >= 0.6 is 0 Å². The number of nitrogens with two attached hydrogens (primary N) is 1. The van der Waals surface area contributed by atoms with E-state index in [1.54, 1.807) is 12.4 Å². The highest BCUT2D eigenvalue weighted by Crippen LogP contribution is 1.75. The Morgan fingerprint density at radius 2 is 1.77 bits per heavy atom. The molecule has 0 unspecified atom stereocenters. The predicted octanol–water partition coefficient (Wildman–Crippen LogP) is 0.326. The Morgan fingerprint density at radius 1 is 1.23 bits per heavy atom. The summed E-state index contributed by atoms with van der Waals surface area (Å²) in [6.07, 6.45) is 3.50. The molecule has 0 saturated carbocycles. The fourth-order valence-electron chi connectivity index (χ4n) is 0.420. The van der Waals surface area contributed by atoms with Gasteiger partial charge in [0.05, 0.1) is 5.75 Å². The van der Waals surface area contributed by atoms with Gasteiger partial charge < -0.3 is 0 Å². The zero-order chi connectivity index (χ0) is 10.2. The molecule has 0 spiro atoms. The Morgan fingerprint density at radius 3 is 1.85 bits per heavy atom. The van der Waals surface area contributed by atoms with Crippen LogP contribution in [-0.4, -0.2) is 25.8 Å². The fourth-order valence-corrected chi connectivity index (χ4v) is 0.635. The minimum absolute atomic E-state index is 0.576. The van der Waals surface area contributed by atoms with E-state index < -0.39 is 22.5 Å². The second-order valence-electron chi connectivity index (χ2n) is 2.08. The Hall–Kier alpha value is -1.01. The summed E-state index contributed by atoms with van der Waals surface area (Å²) in [5.41, 5.74) is 0. The monoisotopic (exact) mass is 206 g/mol. The molecular formula is C7H11FN2O2S. The summed E-state index contributed by atoms with van der Waals surface area (Å²) in [4.78, 5) is 3.78. The predicted molar refractivity (Wildman–Crippen MR) is 48.2 cm³/mol. The van der Waals surface area contributed by atoms with Gasteiger partial charge in [-0.3, -0.25) is 4.98 Å². The van der Waals surface area contributed by atoms with E-state index in [-0.39, 0.29) is 0 Å². The third-order valence-corrected chi connectivity index (χ3v) is 1.65. The van der Waals surface area contributed by atoms with Gasteiger partial charge in [0.2, 0.25) is 10.0 Å². The summed E-state index contributed by atoms with van der Waals surface area (Å²) in [6, 6.07) is 5.72. The molecule has 1 aromatic heterocycles. The van der Waals surface area contributed by atoms with Crippen LogP contribution in [0.5, 0.6) is 0 Å². The van der Waals surface area contributed by atoms with Crippen molar-refractivity contribution in [3.05, 3.63) is 30.6 Å². The topological polar surface area (TPSA) is 73.1 Å². The molecule has 6 heteroatoms. The molecule has 0 aromatic carbocycles. The van der Waals surface area contributed by atoms with Gasteiger partial charge in [-0.2, -0.15) is 0 Å². The maximum atomic E-state index is 11.0. The van der Waals surface area contributed by atoms with Crippen molar-refractivity contribution in [2.75, 3.05) is 12.4 Å². The second kappa shape index (κ2) is 6.50. The molecule has 13 heavy (non-hydrogen) atoms. The normalized spacial score (nSPS) is 10.0. The molecule has 0 radical (unpaired) electrons. The number of aromatic nitrogens is 1. The van der Waals surface area contributed by atoms with Crippen LogP contribution in [0.15, 0.2) is 30.6 Å². The molecule has 0 fully saturated rings. The van der Waals surface area contributed by atoms with Crippen molar-refractivity contribution >= 4 is 10.0 Å². The van der Waals surface area contributed by atoms with Crippen LogP contribution in [0, 0.1) is 0 Å². The van der Waals surface area contributed by atoms with E-state index in [1.165, 1.54) is 0 Å². The minimum Gasteiger partial charge on any atom is -0.265 e. The number of nitrogens with zero attached hydrogens (tertiary/aromatic N) is 1. The summed E-state index contributed by atoms with van der Waals surface area (Å²) in [5.74, 6) is -0.576. The lowest BCUT2D eigenvalue weighted by Gasteiger charge is -1.85. The summed E-state index contributed by atoms with van der Waals surface area (Å²) < 4.78 is 30.6. The van der Waals surface area contributed by atoms with Crippen LogP contribution < -0.4 is 5.14 Å². The zero-order valence-electron chi connectivity index (χ0n) is 6.93. The molecule has 0 saturated heterocycles. The lowest BCUT2D eigenvalue weighted by molar-refractivity contribution is 0.517. The van der Waals surface area contributed by atoms with Crippen LogP contribution in [0.4, 0.5) is 4.39 Å². The molecule has 0 aliphatic heterocycles. The van der Waals surface area contributed by atoms with Gasteiger partial charge in [-0.1, -0.05) is 6.07 Å². The third kappa shape index (κ3) is 11.0. The quantitative estimate of drug-likeness (QED) is 0.757. The second-order valence-corrected chi connectivity index (χ2v) is 3.81. The molecule has 2 N–H and O–H groups in total. The fraction of sp³-hybridized carbons (Fsp3) is 0.286. The SMILES string of the molecule is NS(=O)(=O)CCF.c1ccncc1. The molecular weight excluding hydrogens is 195 g/mol. The van der Waals surface area contributed by atoms with Gasteiger partial charge in [-0.15, -0.1) is 0 Å². The van der Waals surface area contributed by atoms with Gasteiger partial charge in [-0.05, 0) is 12.1 Å². The lowest BCUT2D eigenvalue weighted by Crippen LogP contribution is -2.17. The number of hydrogen-bond acceptors (Lipinski definition) is 3. The molecule has 0 amide bonds. The number of primary sulfonamides is 1. The smallest absolute Gasteiger partial charge is 0.211 e. The van der Waals surface area contributed by atoms with Crippen molar-refractivity contribution in [1.82, 2.24) is 4.98 Å². The molecule has 74 valence electrons. The van der Waals surface area contributed by atoms with Gasteiger partial charge in [0.25, 0.3) is 0 Å². The highest BCUT2D eigenvalue weighted by Gasteiger charge is 1.98. The number of pyridine rings is 1. The van der Waals surface area contributed by atoms with Crippen molar-refractivity contribution in [3.8, 4) is 0 Å². The van der Waals surface area contributed by atoms with E-state index in [9.17, 15) is 12.8 Å². The van der Waals surface area contributed by atoms with Gasteiger partial charge in [0, 0.05) is 12.4 Å². The lowest BCUT2D eigenvalue weighted by atomic mass is 10.5. The first-order chi connectivity index (χ1) is 6.06. The van der Waals surface area contributed by atoms with Crippen LogP contribution in [0.1, 0.15) is 0 Å². The molecule has 0 aliphatic carbocycles. The molecule has 4 nitrogen and oxygen atoms in total. The van der Waals surface area contributed by atoms with Gasteiger partial charge >= 0.3 is 0 Å². The summed E-state index contributed by atoms with van der Waals surface area (Å²) in [7, 11) is -3.55. The molecule has 1 rings (SSSR count).